The van der Waals surface area contributed by atoms with E-state index in [1.54, 1.807) is 30.1 Å². The number of hydrogen-bond acceptors (Lipinski definition) is 6. The van der Waals surface area contributed by atoms with Crippen LogP contribution in [0.3, 0.4) is 0 Å². The molecule has 0 saturated carbocycles. The maximum Gasteiger partial charge on any atom is 0.270 e. The van der Waals surface area contributed by atoms with E-state index in [1.165, 1.54) is 12.1 Å². The van der Waals surface area contributed by atoms with Gasteiger partial charge < -0.3 is 10.0 Å². The van der Waals surface area contributed by atoms with E-state index in [0.29, 0.717) is 44.9 Å². The lowest BCUT2D eigenvalue weighted by Crippen LogP contribution is -2.38. The minimum Gasteiger partial charge on any atom is -0.374 e. The molecule has 0 bridgehead atoms. The Kier molecular flexibility index (Phi) is 6.98. The van der Waals surface area contributed by atoms with Crippen LogP contribution in [0.1, 0.15) is 58.2 Å². The van der Waals surface area contributed by atoms with Crippen LogP contribution in [0.15, 0.2) is 60.8 Å². The number of aromatic nitrogens is 5. The summed E-state index contributed by atoms with van der Waals surface area (Å²) in [4.78, 5) is 11.8. The van der Waals surface area contributed by atoms with E-state index >= 15 is 0 Å². The van der Waals surface area contributed by atoms with Gasteiger partial charge in [-0.1, -0.05) is 53.2 Å². The van der Waals surface area contributed by atoms with Crippen LogP contribution in [-0.4, -0.2) is 43.2 Å². The van der Waals surface area contributed by atoms with Crippen molar-refractivity contribution < 1.29 is 13.9 Å². The third kappa shape index (κ3) is 4.80. The molecule has 216 valence electrons. The third-order valence-corrected chi connectivity index (χ3v) is 8.54. The molecule has 0 aliphatic carbocycles. The van der Waals surface area contributed by atoms with Gasteiger partial charge in [0.25, 0.3) is 5.92 Å². The Balaban J connectivity index is 1.52. The van der Waals surface area contributed by atoms with Gasteiger partial charge in [-0.2, -0.15) is 0 Å². The highest BCUT2D eigenvalue weighted by atomic mass is 35.5. The van der Waals surface area contributed by atoms with Crippen molar-refractivity contribution in [2.45, 2.75) is 45.1 Å². The van der Waals surface area contributed by atoms with Gasteiger partial charge in [-0.15, -0.1) is 5.10 Å². The zero-order valence-electron chi connectivity index (χ0n) is 23.9. The van der Waals surface area contributed by atoms with E-state index in [-0.39, 0.29) is 5.56 Å². The molecule has 2 aromatic carbocycles. The number of fused-ring (bicyclic) bond motifs is 1. The van der Waals surface area contributed by atoms with Crippen LogP contribution in [-0.2, 0) is 25.0 Å². The molecule has 6 rings (SSSR count). The molecular formula is C32H31ClF2N6O. The van der Waals surface area contributed by atoms with Crippen LogP contribution >= 0.6 is 11.6 Å². The van der Waals surface area contributed by atoms with Gasteiger partial charge in [-0.3, -0.25) is 4.98 Å². The van der Waals surface area contributed by atoms with Gasteiger partial charge in [0.2, 0.25) is 0 Å². The standard InChI is InChI=1S/C32H31ClF2N6O/c1-19-6-12-26(20(2)37-19)32(42,28-18-36-39-40(28)4)23-11-13-27-24(17-23)29(33)25(30(38-27)41-14-5-15-41)16-21-7-9-22(10-8-21)31(3,34)35/h6-13,17-18,42H,5,14-16H2,1-4H3. The number of anilines is 1. The molecule has 1 saturated heterocycles. The van der Waals surface area contributed by atoms with Crippen LogP contribution in [0, 0.1) is 13.8 Å². The summed E-state index contributed by atoms with van der Waals surface area (Å²) in [6.45, 7) is 6.40. The van der Waals surface area contributed by atoms with Crippen molar-refractivity contribution in [2.24, 2.45) is 7.05 Å². The van der Waals surface area contributed by atoms with Crippen LogP contribution in [0.2, 0.25) is 5.02 Å². The summed E-state index contributed by atoms with van der Waals surface area (Å²) in [5.41, 5.74) is 3.86. The second-order valence-electron chi connectivity index (χ2n) is 11.1. The van der Waals surface area contributed by atoms with Gasteiger partial charge >= 0.3 is 0 Å². The largest absolute Gasteiger partial charge is 0.374 e. The van der Waals surface area contributed by atoms with Crippen LogP contribution in [0.25, 0.3) is 10.9 Å². The molecule has 0 radical (unpaired) electrons. The number of nitrogens with zero attached hydrogens (tertiary/aromatic N) is 6. The Morgan fingerprint density at radius 2 is 1.69 bits per heavy atom. The van der Waals surface area contributed by atoms with Crippen LogP contribution < -0.4 is 4.90 Å². The number of hydrogen-bond donors (Lipinski definition) is 1. The normalized spacial score (nSPS) is 15.1. The number of aliphatic hydroxyl groups is 1. The first-order valence-corrected chi connectivity index (χ1v) is 14.2. The molecule has 0 amide bonds. The quantitative estimate of drug-likeness (QED) is 0.243. The van der Waals surface area contributed by atoms with E-state index in [2.05, 4.69) is 20.2 Å². The summed E-state index contributed by atoms with van der Waals surface area (Å²) >= 11 is 7.19. The zero-order valence-corrected chi connectivity index (χ0v) is 24.6. The Hall–Kier alpha value is -3.95. The molecule has 1 aliphatic rings. The third-order valence-electron chi connectivity index (χ3n) is 8.11. The van der Waals surface area contributed by atoms with E-state index in [4.69, 9.17) is 16.6 Å². The van der Waals surface area contributed by atoms with Crippen molar-refractivity contribution >= 4 is 28.3 Å². The SMILES string of the molecule is Cc1ccc(C(O)(c2ccc3nc(N4CCC4)c(Cc4ccc(C(C)(F)F)cc4)c(Cl)c3c2)c2cnnn2C)c(C)n1. The molecule has 42 heavy (non-hydrogen) atoms. The molecule has 1 fully saturated rings. The second kappa shape index (κ2) is 10.4. The predicted octanol–water partition coefficient (Wildman–Crippen LogP) is 6.23. The van der Waals surface area contributed by atoms with Gasteiger partial charge in [0.05, 0.1) is 22.4 Å². The molecule has 10 heteroatoms. The molecule has 4 heterocycles. The molecule has 1 atom stereocenters. The number of rotatable bonds is 7. The fourth-order valence-electron chi connectivity index (χ4n) is 5.67. The molecular weight excluding hydrogens is 558 g/mol. The number of halogens is 3. The highest BCUT2D eigenvalue weighted by Crippen LogP contribution is 2.42. The lowest BCUT2D eigenvalue weighted by Gasteiger charge is -2.34. The van der Waals surface area contributed by atoms with Gasteiger partial charge in [-0.05, 0) is 49.6 Å². The van der Waals surface area contributed by atoms with E-state index in [1.807, 2.05) is 44.2 Å². The molecule has 1 N–H and O–H groups in total. The first-order chi connectivity index (χ1) is 20.0. The van der Waals surface area contributed by atoms with Crippen molar-refractivity contribution in [1.29, 1.82) is 0 Å². The Morgan fingerprint density at radius 1 is 0.976 bits per heavy atom. The topological polar surface area (TPSA) is 80.0 Å². The summed E-state index contributed by atoms with van der Waals surface area (Å²) < 4.78 is 29.2. The summed E-state index contributed by atoms with van der Waals surface area (Å²) in [6, 6.07) is 15.7. The molecule has 0 spiro atoms. The number of aryl methyl sites for hydroxylation is 3. The zero-order chi connectivity index (χ0) is 29.8. The molecule has 5 aromatic rings. The van der Waals surface area contributed by atoms with Crippen molar-refractivity contribution in [2.75, 3.05) is 18.0 Å². The summed E-state index contributed by atoms with van der Waals surface area (Å²) in [7, 11) is 1.73. The molecule has 1 unspecified atom stereocenters. The Morgan fingerprint density at radius 3 is 2.29 bits per heavy atom. The van der Waals surface area contributed by atoms with Gasteiger partial charge in [0.15, 0.2) is 5.60 Å². The van der Waals surface area contributed by atoms with Crippen LogP contribution in [0.4, 0.5) is 14.6 Å². The van der Waals surface area contributed by atoms with Crippen molar-refractivity contribution in [3.05, 3.63) is 111 Å². The average molecular weight is 589 g/mol. The van der Waals surface area contributed by atoms with Gasteiger partial charge in [-0.25, -0.2) is 18.4 Å². The van der Waals surface area contributed by atoms with Gasteiger partial charge in [0, 0.05) is 66.9 Å². The van der Waals surface area contributed by atoms with Crippen molar-refractivity contribution in [1.82, 2.24) is 25.0 Å². The van der Waals surface area contributed by atoms with E-state index in [9.17, 15) is 13.9 Å². The fourth-order valence-corrected chi connectivity index (χ4v) is 5.97. The Labute approximate surface area is 247 Å². The highest BCUT2D eigenvalue weighted by Gasteiger charge is 2.39. The van der Waals surface area contributed by atoms with Crippen LogP contribution in [0.5, 0.6) is 0 Å². The second-order valence-corrected chi connectivity index (χ2v) is 11.5. The fraction of sp³-hybridized carbons (Fsp3) is 0.312. The predicted molar refractivity (Wildman–Crippen MR) is 159 cm³/mol. The minimum absolute atomic E-state index is 0.0357. The highest BCUT2D eigenvalue weighted by molar-refractivity contribution is 6.36. The van der Waals surface area contributed by atoms with E-state index in [0.717, 1.165) is 49.1 Å². The monoisotopic (exact) mass is 588 g/mol. The lowest BCUT2D eigenvalue weighted by atomic mass is 9.82. The average Bonchev–Trinajstić information content (AvgIpc) is 3.35. The Bertz CT molecular complexity index is 1800. The molecule has 1 aliphatic heterocycles. The first kappa shape index (κ1) is 28.2. The smallest absolute Gasteiger partial charge is 0.270 e. The maximum atomic E-state index is 13.8. The maximum absolute atomic E-state index is 13.8. The summed E-state index contributed by atoms with van der Waals surface area (Å²) in [5, 5.41) is 21.8. The summed E-state index contributed by atoms with van der Waals surface area (Å²) in [6.07, 6.45) is 3.03. The molecule has 3 aromatic heterocycles. The summed E-state index contributed by atoms with van der Waals surface area (Å²) in [5.74, 6) is -2.12. The van der Waals surface area contributed by atoms with Crippen molar-refractivity contribution in [3.63, 3.8) is 0 Å². The number of benzene rings is 2. The van der Waals surface area contributed by atoms with Crippen molar-refractivity contribution in [3.8, 4) is 0 Å². The van der Waals surface area contributed by atoms with E-state index < -0.39 is 11.5 Å². The number of alkyl halides is 2. The van der Waals surface area contributed by atoms with Gasteiger partial charge in [0.1, 0.15) is 5.82 Å². The lowest BCUT2D eigenvalue weighted by molar-refractivity contribution is 0.0174. The minimum atomic E-state index is -2.91. The first-order valence-electron chi connectivity index (χ1n) is 13.8. The molecule has 7 nitrogen and oxygen atoms in total. The number of pyridine rings is 2.